The van der Waals surface area contributed by atoms with E-state index >= 15 is 0 Å². The van der Waals surface area contributed by atoms with E-state index in [0.29, 0.717) is 0 Å². The molecule has 2 rings (SSSR count). The standard InChI is InChI=1S/C12H24O3Si/c13-16(14,12-9-5-2-6-10-12)15-11-7-3-1-4-8-11/h11-14H,1-10H2. The maximum atomic E-state index is 10.2. The van der Waals surface area contributed by atoms with Crippen molar-refractivity contribution in [2.45, 2.75) is 75.9 Å². The lowest BCUT2D eigenvalue weighted by molar-refractivity contribution is 0.0535. The Labute approximate surface area is 99.2 Å². The first-order valence-electron chi connectivity index (χ1n) is 6.81. The Morgan fingerprint density at radius 3 is 1.81 bits per heavy atom. The second-order valence-corrected chi connectivity index (χ2v) is 7.74. The molecule has 0 amide bonds. The third-order valence-electron chi connectivity index (χ3n) is 4.03. The van der Waals surface area contributed by atoms with Crippen molar-refractivity contribution in [1.82, 2.24) is 0 Å². The first kappa shape index (κ1) is 12.6. The van der Waals surface area contributed by atoms with Crippen LogP contribution in [0.5, 0.6) is 0 Å². The van der Waals surface area contributed by atoms with E-state index < -0.39 is 8.80 Å². The minimum absolute atomic E-state index is 0.0585. The molecule has 2 N–H and O–H groups in total. The third kappa shape index (κ3) is 3.29. The number of rotatable bonds is 3. The highest BCUT2D eigenvalue weighted by atomic mass is 28.4. The maximum absolute atomic E-state index is 10.2. The topological polar surface area (TPSA) is 49.7 Å². The van der Waals surface area contributed by atoms with Gasteiger partial charge in [-0.3, -0.25) is 0 Å². The molecule has 0 aromatic heterocycles. The minimum Gasteiger partial charge on any atom is -0.390 e. The average molecular weight is 244 g/mol. The zero-order chi connectivity index (χ0) is 11.4. The third-order valence-corrected chi connectivity index (χ3v) is 6.35. The van der Waals surface area contributed by atoms with Gasteiger partial charge in [0.25, 0.3) is 0 Å². The van der Waals surface area contributed by atoms with Crippen molar-refractivity contribution in [2.75, 3.05) is 0 Å². The molecule has 3 nitrogen and oxygen atoms in total. The van der Waals surface area contributed by atoms with Gasteiger partial charge in [0, 0.05) is 11.6 Å². The molecule has 2 fully saturated rings. The summed E-state index contributed by atoms with van der Waals surface area (Å²) in [5.41, 5.74) is 0.0585. The Morgan fingerprint density at radius 1 is 0.750 bits per heavy atom. The highest BCUT2D eigenvalue weighted by Crippen LogP contribution is 2.36. The van der Waals surface area contributed by atoms with Crippen LogP contribution in [-0.2, 0) is 4.43 Å². The fourth-order valence-corrected chi connectivity index (χ4v) is 5.08. The molecule has 0 aliphatic heterocycles. The van der Waals surface area contributed by atoms with Crippen molar-refractivity contribution < 1.29 is 14.0 Å². The number of hydrogen-bond donors (Lipinski definition) is 2. The van der Waals surface area contributed by atoms with Crippen LogP contribution in [0.3, 0.4) is 0 Å². The fourth-order valence-electron chi connectivity index (χ4n) is 3.00. The predicted octanol–water partition coefficient (Wildman–Crippen LogP) is 2.59. The van der Waals surface area contributed by atoms with Crippen molar-refractivity contribution in [2.24, 2.45) is 0 Å². The SMILES string of the molecule is O[Si](O)(OC1CCCCC1)C1CCCCC1. The lowest BCUT2D eigenvalue weighted by Gasteiger charge is -2.34. The normalized spacial score (nSPS) is 25.9. The van der Waals surface area contributed by atoms with Crippen LogP contribution in [-0.4, -0.2) is 24.5 Å². The monoisotopic (exact) mass is 244 g/mol. The second-order valence-electron chi connectivity index (χ2n) is 5.37. The molecular formula is C12H24O3Si. The molecule has 0 atom stereocenters. The quantitative estimate of drug-likeness (QED) is 0.750. The van der Waals surface area contributed by atoms with Gasteiger partial charge in [-0.05, 0) is 25.7 Å². The zero-order valence-corrected chi connectivity index (χ0v) is 11.0. The van der Waals surface area contributed by atoms with E-state index in [1.165, 1.54) is 25.7 Å². The second kappa shape index (κ2) is 5.62. The summed E-state index contributed by atoms with van der Waals surface area (Å²) in [6, 6.07) is 0. The fraction of sp³-hybridized carbons (Fsp3) is 1.00. The molecule has 94 valence electrons. The predicted molar refractivity (Wildman–Crippen MR) is 65.0 cm³/mol. The summed E-state index contributed by atoms with van der Waals surface area (Å²) in [7, 11) is -3.39. The Bertz CT molecular complexity index is 208. The van der Waals surface area contributed by atoms with Crippen molar-refractivity contribution in [3.63, 3.8) is 0 Å². The largest absolute Gasteiger partial charge is 0.498 e. The van der Waals surface area contributed by atoms with Crippen LogP contribution < -0.4 is 0 Å². The molecule has 0 spiro atoms. The molecule has 16 heavy (non-hydrogen) atoms. The minimum atomic E-state index is -3.39. The van der Waals surface area contributed by atoms with Gasteiger partial charge in [-0.15, -0.1) is 0 Å². The van der Waals surface area contributed by atoms with E-state index in [4.69, 9.17) is 4.43 Å². The average Bonchev–Trinajstić information content (AvgIpc) is 2.31. The molecule has 2 aliphatic rings. The van der Waals surface area contributed by atoms with Crippen LogP contribution in [0.4, 0.5) is 0 Å². The van der Waals surface area contributed by atoms with Gasteiger partial charge in [0.1, 0.15) is 0 Å². The highest BCUT2D eigenvalue weighted by molar-refractivity contribution is 6.59. The molecule has 0 bridgehead atoms. The molecule has 4 heteroatoms. The van der Waals surface area contributed by atoms with Gasteiger partial charge in [-0.25, -0.2) is 0 Å². The molecule has 0 unspecified atom stereocenters. The lowest BCUT2D eigenvalue weighted by Crippen LogP contribution is -2.48. The van der Waals surface area contributed by atoms with Crippen molar-refractivity contribution in [3.8, 4) is 0 Å². The van der Waals surface area contributed by atoms with E-state index in [1.807, 2.05) is 0 Å². The first-order valence-corrected chi connectivity index (χ1v) is 8.69. The van der Waals surface area contributed by atoms with Crippen LogP contribution in [0, 0.1) is 0 Å². The van der Waals surface area contributed by atoms with Crippen molar-refractivity contribution in [1.29, 1.82) is 0 Å². The number of hydrogen-bond acceptors (Lipinski definition) is 3. The van der Waals surface area contributed by atoms with Gasteiger partial charge in [0.05, 0.1) is 0 Å². The van der Waals surface area contributed by atoms with Gasteiger partial charge in [-0.2, -0.15) is 0 Å². The van der Waals surface area contributed by atoms with Crippen LogP contribution in [0.1, 0.15) is 64.2 Å². The Morgan fingerprint density at radius 2 is 1.25 bits per heavy atom. The smallest absolute Gasteiger partial charge is 0.390 e. The maximum Gasteiger partial charge on any atom is 0.498 e. The summed E-state index contributed by atoms with van der Waals surface area (Å²) < 4.78 is 5.67. The van der Waals surface area contributed by atoms with Gasteiger partial charge >= 0.3 is 8.80 Å². The van der Waals surface area contributed by atoms with E-state index in [2.05, 4.69) is 0 Å². The Kier molecular flexibility index (Phi) is 4.41. The van der Waals surface area contributed by atoms with Gasteiger partial charge in [-0.1, -0.05) is 38.5 Å². The molecule has 2 aliphatic carbocycles. The molecule has 0 radical (unpaired) electrons. The van der Waals surface area contributed by atoms with E-state index in [-0.39, 0.29) is 11.6 Å². The van der Waals surface area contributed by atoms with Crippen molar-refractivity contribution >= 4 is 8.80 Å². The van der Waals surface area contributed by atoms with Crippen LogP contribution in [0.25, 0.3) is 0 Å². The van der Waals surface area contributed by atoms with Crippen LogP contribution in [0.2, 0.25) is 5.54 Å². The van der Waals surface area contributed by atoms with E-state index in [9.17, 15) is 9.59 Å². The summed E-state index contributed by atoms with van der Waals surface area (Å²) in [5, 5.41) is 0. The van der Waals surface area contributed by atoms with E-state index in [0.717, 1.165) is 38.5 Å². The highest BCUT2D eigenvalue weighted by Gasteiger charge is 2.44. The van der Waals surface area contributed by atoms with Crippen LogP contribution >= 0.6 is 0 Å². The summed E-state index contributed by atoms with van der Waals surface area (Å²) in [6.45, 7) is 0. The molecule has 0 aromatic carbocycles. The molecule has 0 saturated heterocycles. The summed E-state index contributed by atoms with van der Waals surface area (Å²) in [4.78, 5) is 20.3. The molecule has 2 saturated carbocycles. The van der Waals surface area contributed by atoms with E-state index in [1.54, 1.807) is 0 Å². The van der Waals surface area contributed by atoms with Crippen LogP contribution in [0.15, 0.2) is 0 Å². The first-order chi connectivity index (χ1) is 7.68. The lowest BCUT2D eigenvalue weighted by atomic mass is 9.98. The van der Waals surface area contributed by atoms with Gasteiger partial charge < -0.3 is 14.0 Å². The Balaban J connectivity index is 1.84. The molecular weight excluding hydrogens is 220 g/mol. The van der Waals surface area contributed by atoms with Gasteiger partial charge in [0.2, 0.25) is 0 Å². The van der Waals surface area contributed by atoms with Crippen molar-refractivity contribution in [3.05, 3.63) is 0 Å². The zero-order valence-electron chi connectivity index (χ0n) is 10.0. The summed E-state index contributed by atoms with van der Waals surface area (Å²) in [6.07, 6.45) is 11.2. The Hall–Kier alpha value is 0.0969. The summed E-state index contributed by atoms with van der Waals surface area (Å²) in [5.74, 6) is 0. The molecule has 0 heterocycles. The molecule has 0 aromatic rings. The van der Waals surface area contributed by atoms with Gasteiger partial charge in [0.15, 0.2) is 0 Å². The summed E-state index contributed by atoms with van der Waals surface area (Å²) >= 11 is 0.